The summed E-state index contributed by atoms with van der Waals surface area (Å²) in [6, 6.07) is 14.1. The molecule has 0 heterocycles. The smallest absolute Gasteiger partial charge is 0.247 e. The lowest BCUT2D eigenvalue weighted by Gasteiger charge is -2.22. The molecule has 4 rings (SSSR count). The van der Waals surface area contributed by atoms with Crippen LogP contribution >= 0.6 is 0 Å². The molecule has 6 N–H and O–H groups in total. The second-order valence-corrected chi connectivity index (χ2v) is 9.55. The summed E-state index contributed by atoms with van der Waals surface area (Å²) in [5, 5.41) is 23.5. The highest BCUT2D eigenvalue weighted by Gasteiger charge is 2.27. The summed E-state index contributed by atoms with van der Waals surface area (Å²) in [7, 11) is 0. The van der Waals surface area contributed by atoms with Gasteiger partial charge in [0.1, 0.15) is 35.6 Å². The Morgan fingerprint density at radius 1 is 0.949 bits per heavy atom. The van der Waals surface area contributed by atoms with Crippen molar-refractivity contribution in [3.8, 4) is 5.75 Å². The van der Waals surface area contributed by atoms with Gasteiger partial charge in [0.2, 0.25) is 11.8 Å². The summed E-state index contributed by atoms with van der Waals surface area (Å²) in [5.41, 5.74) is 8.04. The fourth-order valence-electron chi connectivity index (χ4n) is 4.08. The lowest BCUT2D eigenvalue weighted by molar-refractivity contribution is -0.127. The first-order valence-electron chi connectivity index (χ1n) is 12.7. The molecule has 1 aliphatic rings. The second-order valence-electron chi connectivity index (χ2n) is 9.55. The third kappa shape index (κ3) is 7.60. The van der Waals surface area contributed by atoms with Gasteiger partial charge in [0.05, 0.1) is 18.9 Å². The van der Waals surface area contributed by atoms with Crippen LogP contribution in [-0.4, -0.2) is 47.4 Å². The number of hydrogen-bond acceptors (Lipinski definition) is 6. The van der Waals surface area contributed by atoms with E-state index in [9.17, 15) is 18.4 Å². The van der Waals surface area contributed by atoms with Crippen LogP contribution in [0.4, 0.5) is 14.5 Å². The average Bonchev–Trinajstić information content (AvgIpc) is 3.79. The second kappa shape index (κ2) is 12.8. The van der Waals surface area contributed by atoms with E-state index in [4.69, 9.17) is 20.7 Å². The molecule has 206 valence electrons. The van der Waals surface area contributed by atoms with Gasteiger partial charge in [-0.05, 0) is 71.8 Å². The van der Waals surface area contributed by atoms with E-state index < -0.39 is 41.6 Å². The highest BCUT2D eigenvalue weighted by Crippen LogP contribution is 2.40. The van der Waals surface area contributed by atoms with Gasteiger partial charge in [-0.2, -0.15) is 0 Å². The number of nitrogens with one attached hydrogen (secondary N) is 2. The fraction of sp³-hybridized carbons (Fsp3) is 0.310. The first-order chi connectivity index (χ1) is 18.8. The van der Waals surface area contributed by atoms with Crippen molar-refractivity contribution < 1.29 is 33.3 Å². The highest BCUT2D eigenvalue weighted by molar-refractivity contribution is 5.98. The molecule has 0 aromatic heterocycles. The van der Waals surface area contributed by atoms with Crippen LogP contribution in [0, 0.1) is 11.6 Å². The van der Waals surface area contributed by atoms with Gasteiger partial charge < -0.3 is 31.3 Å². The summed E-state index contributed by atoms with van der Waals surface area (Å²) in [6.07, 6.45) is 1.26. The number of benzene rings is 3. The van der Waals surface area contributed by atoms with Gasteiger partial charge in [-0.3, -0.25) is 9.59 Å². The van der Waals surface area contributed by atoms with Crippen LogP contribution in [0.25, 0.3) is 0 Å². The number of rotatable bonds is 12. The number of carbonyl (C=O) groups excluding carboxylic acids is 2. The molecule has 0 aliphatic heterocycles. The summed E-state index contributed by atoms with van der Waals surface area (Å²) >= 11 is 0. The predicted molar refractivity (Wildman–Crippen MR) is 141 cm³/mol. The van der Waals surface area contributed by atoms with Gasteiger partial charge in [-0.25, -0.2) is 8.78 Å². The van der Waals surface area contributed by atoms with Crippen molar-refractivity contribution in [1.29, 1.82) is 0 Å². The normalized spacial score (nSPS) is 14.5. The van der Waals surface area contributed by atoms with Gasteiger partial charge in [0.15, 0.2) is 0 Å². The zero-order valence-corrected chi connectivity index (χ0v) is 21.1. The summed E-state index contributed by atoms with van der Waals surface area (Å²) in [5.74, 6) is -1.60. The quantitative estimate of drug-likeness (QED) is 0.240. The Morgan fingerprint density at radius 2 is 1.62 bits per heavy atom. The molecule has 2 atom stereocenters. The van der Waals surface area contributed by atoms with Crippen LogP contribution in [0.1, 0.15) is 41.5 Å². The summed E-state index contributed by atoms with van der Waals surface area (Å²) in [6.45, 7) is -0.738. The van der Waals surface area contributed by atoms with E-state index in [1.54, 1.807) is 18.2 Å². The molecule has 0 saturated heterocycles. The van der Waals surface area contributed by atoms with E-state index in [1.165, 1.54) is 48.5 Å². The molecule has 3 aromatic carbocycles. The van der Waals surface area contributed by atoms with Crippen molar-refractivity contribution in [1.82, 2.24) is 5.32 Å². The fourth-order valence-corrected chi connectivity index (χ4v) is 4.08. The number of aliphatic hydroxyl groups excluding tert-OH is 2. The number of anilines is 1. The topological polar surface area (TPSA) is 134 Å². The van der Waals surface area contributed by atoms with Crippen LogP contribution < -0.4 is 21.1 Å². The van der Waals surface area contributed by atoms with Gasteiger partial charge in [-0.15, -0.1) is 0 Å². The standard InChI is InChI=1S/C29H31F2N3O5/c30-21-8-1-17(2-9-21)13-26(28(37)33-25-12-7-20(14-24(25)31)18-3-4-18)34-29(38)27(32)19-5-10-22(11-6-19)39-23(15-35)16-36/h1-2,5-12,14,18,23,26-27,35-36H,3-4,13,15-16,32H2,(H,33,37)(H,34,38). The van der Waals surface area contributed by atoms with Gasteiger partial charge >= 0.3 is 0 Å². The number of nitrogens with two attached hydrogens (primary N) is 1. The molecule has 8 nitrogen and oxygen atoms in total. The van der Waals surface area contributed by atoms with Crippen molar-refractivity contribution >= 4 is 17.5 Å². The number of amides is 2. The monoisotopic (exact) mass is 539 g/mol. The number of hydrogen-bond donors (Lipinski definition) is 5. The van der Waals surface area contributed by atoms with Crippen LogP contribution in [0.5, 0.6) is 5.75 Å². The van der Waals surface area contributed by atoms with E-state index in [0.29, 0.717) is 22.8 Å². The maximum atomic E-state index is 14.7. The largest absolute Gasteiger partial charge is 0.486 e. The Balaban J connectivity index is 1.47. The van der Waals surface area contributed by atoms with Crippen LogP contribution in [0.2, 0.25) is 0 Å². The van der Waals surface area contributed by atoms with Crippen molar-refractivity contribution in [2.75, 3.05) is 18.5 Å². The van der Waals surface area contributed by atoms with Gasteiger partial charge in [0.25, 0.3) is 0 Å². The number of carbonyl (C=O) groups is 2. The molecule has 0 bridgehead atoms. The summed E-state index contributed by atoms with van der Waals surface area (Å²) in [4.78, 5) is 26.3. The van der Waals surface area contributed by atoms with Gasteiger partial charge in [-0.1, -0.05) is 30.3 Å². The van der Waals surface area contributed by atoms with E-state index in [-0.39, 0.29) is 25.3 Å². The Morgan fingerprint density at radius 3 is 2.21 bits per heavy atom. The molecule has 10 heteroatoms. The third-order valence-corrected chi connectivity index (χ3v) is 6.52. The number of halogens is 2. The molecule has 1 fully saturated rings. The highest BCUT2D eigenvalue weighted by atomic mass is 19.1. The lowest BCUT2D eigenvalue weighted by Crippen LogP contribution is -2.48. The van der Waals surface area contributed by atoms with Crippen LogP contribution in [0.3, 0.4) is 0 Å². The van der Waals surface area contributed by atoms with E-state index in [1.807, 2.05) is 0 Å². The first-order valence-corrected chi connectivity index (χ1v) is 12.7. The van der Waals surface area contributed by atoms with E-state index >= 15 is 0 Å². The third-order valence-electron chi connectivity index (χ3n) is 6.52. The molecule has 0 spiro atoms. The maximum absolute atomic E-state index is 14.7. The SMILES string of the molecule is NC(C(=O)NC(Cc1ccc(F)cc1)C(=O)Nc1ccc(C2CC2)cc1F)c1ccc(OC(CO)CO)cc1. The first kappa shape index (κ1) is 28.2. The Kier molecular flexibility index (Phi) is 9.23. The number of aliphatic hydroxyl groups is 2. The van der Waals surface area contributed by atoms with Crippen molar-refractivity contribution in [2.24, 2.45) is 5.73 Å². The molecule has 2 unspecified atom stereocenters. The van der Waals surface area contributed by atoms with Crippen LogP contribution in [-0.2, 0) is 16.0 Å². The molecule has 3 aromatic rings. The number of ether oxygens (including phenoxy) is 1. The lowest BCUT2D eigenvalue weighted by atomic mass is 10.0. The Labute approximate surface area is 224 Å². The van der Waals surface area contributed by atoms with Crippen molar-refractivity contribution in [2.45, 2.75) is 43.4 Å². The van der Waals surface area contributed by atoms with Gasteiger partial charge in [0, 0.05) is 6.42 Å². The Hall–Kier alpha value is -3.86. The molecule has 1 aliphatic carbocycles. The Bertz CT molecular complexity index is 1280. The molecule has 1 saturated carbocycles. The minimum absolute atomic E-state index is 0.00768. The zero-order chi connectivity index (χ0) is 27.9. The molecular weight excluding hydrogens is 508 g/mol. The molecule has 2 amide bonds. The van der Waals surface area contributed by atoms with E-state index in [2.05, 4.69) is 10.6 Å². The van der Waals surface area contributed by atoms with Crippen LogP contribution in [0.15, 0.2) is 66.7 Å². The average molecular weight is 540 g/mol. The zero-order valence-electron chi connectivity index (χ0n) is 21.1. The minimum atomic E-state index is -1.15. The minimum Gasteiger partial charge on any atom is -0.486 e. The predicted octanol–water partition coefficient (Wildman–Crippen LogP) is 2.94. The van der Waals surface area contributed by atoms with Crippen molar-refractivity contribution in [3.63, 3.8) is 0 Å². The summed E-state index contributed by atoms with van der Waals surface area (Å²) < 4.78 is 33.5. The molecule has 0 radical (unpaired) electrons. The van der Waals surface area contributed by atoms with E-state index in [0.717, 1.165) is 18.4 Å². The van der Waals surface area contributed by atoms with Crippen molar-refractivity contribution in [3.05, 3.63) is 95.1 Å². The maximum Gasteiger partial charge on any atom is 0.247 e. The molecular formula is C29H31F2N3O5. The molecule has 39 heavy (non-hydrogen) atoms.